The van der Waals surface area contributed by atoms with Crippen molar-refractivity contribution in [2.45, 2.75) is 26.1 Å². The van der Waals surface area contributed by atoms with Crippen LogP contribution in [0.25, 0.3) is 0 Å². The molecule has 0 radical (unpaired) electrons. The molecule has 0 fully saturated rings. The Labute approximate surface area is 105 Å². The quantitative estimate of drug-likeness (QED) is 0.749. The lowest BCUT2D eigenvalue weighted by Crippen LogP contribution is -1.90. The molecule has 2 aromatic rings. The Bertz CT molecular complexity index is 470. The largest absolute Gasteiger partial charge is 0.245 e. The lowest BCUT2D eigenvalue weighted by Gasteiger charge is -2.02. The van der Waals surface area contributed by atoms with Gasteiger partial charge in [0.2, 0.25) is 0 Å². The summed E-state index contributed by atoms with van der Waals surface area (Å²) in [6.45, 7) is 4.26. The monoisotopic (exact) mass is 251 g/mol. The predicted octanol–water partition coefficient (Wildman–Crippen LogP) is 4.09. The van der Waals surface area contributed by atoms with Gasteiger partial charge in [-0.3, -0.25) is 0 Å². The highest BCUT2D eigenvalue weighted by molar-refractivity contribution is 7.09. The summed E-state index contributed by atoms with van der Waals surface area (Å²) in [4.78, 5) is 4.47. The second kappa shape index (κ2) is 4.98. The molecule has 0 atom stereocenters. The lowest BCUT2D eigenvalue weighted by molar-refractivity contribution is 1.08. The summed E-state index contributed by atoms with van der Waals surface area (Å²) < 4.78 is 0. The molecule has 0 bridgehead atoms. The maximum Gasteiger partial charge on any atom is 0.0972 e. The first-order chi connectivity index (χ1) is 7.67. The zero-order valence-corrected chi connectivity index (χ0v) is 11.0. The van der Waals surface area contributed by atoms with Gasteiger partial charge in [-0.15, -0.1) is 22.9 Å². The van der Waals surface area contributed by atoms with E-state index in [0.29, 0.717) is 5.88 Å². The van der Waals surface area contributed by atoms with Crippen LogP contribution in [-0.4, -0.2) is 4.98 Å². The van der Waals surface area contributed by atoms with Crippen LogP contribution < -0.4 is 0 Å². The molecule has 0 amide bonds. The number of thiazole rings is 1. The molecule has 0 aliphatic rings. The van der Waals surface area contributed by atoms with E-state index < -0.39 is 0 Å². The van der Waals surface area contributed by atoms with Crippen LogP contribution in [0.2, 0.25) is 0 Å². The summed E-state index contributed by atoms with van der Waals surface area (Å²) in [6.07, 6.45) is 0.907. The third kappa shape index (κ3) is 2.83. The molecule has 1 nitrogen and oxygen atoms in total. The van der Waals surface area contributed by atoms with Gasteiger partial charge in [0.15, 0.2) is 0 Å². The van der Waals surface area contributed by atoms with Crippen LogP contribution in [0.1, 0.15) is 27.4 Å². The molecule has 1 heterocycles. The van der Waals surface area contributed by atoms with E-state index in [4.69, 9.17) is 11.6 Å². The fourth-order valence-corrected chi connectivity index (χ4v) is 2.89. The highest BCUT2D eigenvalue weighted by atomic mass is 35.5. The van der Waals surface area contributed by atoms with Crippen molar-refractivity contribution in [2.24, 2.45) is 0 Å². The Hall–Kier alpha value is -0.860. The standard InChI is InChI=1S/C13H14ClNS/c1-9-3-10(2)5-11(4-9)6-13-15-12(7-14)8-16-13/h3-5,8H,6-7H2,1-2H3. The highest BCUT2D eigenvalue weighted by Gasteiger charge is 2.03. The number of alkyl halides is 1. The van der Waals surface area contributed by atoms with Crippen LogP contribution in [0.3, 0.4) is 0 Å². The van der Waals surface area contributed by atoms with Crippen molar-refractivity contribution < 1.29 is 0 Å². The molecule has 1 aromatic heterocycles. The molecule has 3 heteroatoms. The smallest absolute Gasteiger partial charge is 0.0972 e. The molecule has 84 valence electrons. The summed E-state index contributed by atoms with van der Waals surface area (Å²) in [5.74, 6) is 0.503. The molecule has 0 spiro atoms. The summed E-state index contributed by atoms with van der Waals surface area (Å²) in [5, 5.41) is 3.17. The number of aryl methyl sites for hydroxylation is 2. The number of nitrogens with zero attached hydrogens (tertiary/aromatic N) is 1. The maximum atomic E-state index is 5.74. The topological polar surface area (TPSA) is 12.9 Å². The summed E-state index contributed by atoms with van der Waals surface area (Å²) in [6, 6.07) is 6.62. The lowest BCUT2D eigenvalue weighted by atomic mass is 10.1. The van der Waals surface area contributed by atoms with Gasteiger partial charge in [0.1, 0.15) is 0 Å². The number of hydrogen-bond acceptors (Lipinski definition) is 2. The third-order valence-electron chi connectivity index (χ3n) is 2.37. The van der Waals surface area contributed by atoms with Crippen LogP contribution in [0.15, 0.2) is 23.6 Å². The molecule has 0 saturated carbocycles. The second-order valence-corrected chi connectivity index (χ2v) is 5.25. The zero-order valence-electron chi connectivity index (χ0n) is 9.46. The van der Waals surface area contributed by atoms with Gasteiger partial charge in [-0.1, -0.05) is 29.3 Å². The minimum absolute atomic E-state index is 0.503. The van der Waals surface area contributed by atoms with Gasteiger partial charge >= 0.3 is 0 Å². The van der Waals surface area contributed by atoms with Gasteiger partial charge in [0.05, 0.1) is 16.6 Å². The van der Waals surface area contributed by atoms with Crippen molar-refractivity contribution in [1.82, 2.24) is 4.98 Å². The van der Waals surface area contributed by atoms with Crippen LogP contribution >= 0.6 is 22.9 Å². The molecular weight excluding hydrogens is 238 g/mol. The second-order valence-electron chi connectivity index (χ2n) is 4.04. The van der Waals surface area contributed by atoms with Crippen molar-refractivity contribution in [3.8, 4) is 0 Å². The number of rotatable bonds is 3. The van der Waals surface area contributed by atoms with Gasteiger partial charge in [0.25, 0.3) is 0 Å². The predicted molar refractivity (Wildman–Crippen MR) is 70.4 cm³/mol. The molecule has 0 saturated heterocycles. The van der Waals surface area contributed by atoms with Crippen LogP contribution in [0, 0.1) is 13.8 Å². The van der Waals surface area contributed by atoms with Crippen molar-refractivity contribution in [1.29, 1.82) is 0 Å². The van der Waals surface area contributed by atoms with Gasteiger partial charge in [-0.2, -0.15) is 0 Å². The number of hydrogen-bond donors (Lipinski definition) is 0. The van der Waals surface area contributed by atoms with E-state index in [1.807, 2.05) is 5.38 Å². The van der Waals surface area contributed by atoms with E-state index in [1.54, 1.807) is 11.3 Å². The molecule has 0 unspecified atom stereocenters. The molecule has 16 heavy (non-hydrogen) atoms. The van der Waals surface area contributed by atoms with E-state index in [1.165, 1.54) is 16.7 Å². The number of benzene rings is 1. The third-order valence-corrected chi connectivity index (χ3v) is 3.54. The summed E-state index contributed by atoms with van der Waals surface area (Å²) in [5.41, 5.74) is 4.92. The zero-order chi connectivity index (χ0) is 11.5. The van der Waals surface area contributed by atoms with Crippen molar-refractivity contribution in [3.05, 3.63) is 51.0 Å². The molecule has 2 rings (SSSR count). The Morgan fingerprint density at radius 2 is 1.88 bits per heavy atom. The molecule has 1 aromatic carbocycles. The Kier molecular flexibility index (Phi) is 3.62. The molecule has 0 aliphatic carbocycles. The Morgan fingerprint density at radius 3 is 2.44 bits per heavy atom. The average Bonchev–Trinajstić information content (AvgIpc) is 2.64. The average molecular weight is 252 g/mol. The van der Waals surface area contributed by atoms with Crippen molar-refractivity contribution >= 4 is 22.9 Å². The van der Waals surface area contributed by atoms with E-state index in [-0.39, 0.29) is 0 Å². The van der Waals surface area contributed by atoms with E-state index in [0.717, 1.165) is 17.1 Å². The van der Waals surface area contributed by atoms with E-state index >= 15 is 0 Å². The van der Waals surface area contributed by atoms with Crippen molar-refractivity contribution in [3.63, 3.8) is 0 Å². The molecular formula is C13H14ClNS. The van der Waals surface area contributed by atoms with Gasteiger partial charge in [-0.05, 0) is 19.4 Å². The van der Waals surface area contributed by atoms with Gasteiger partial charge in [-0.25, -0.2) is 4.98 Å². The fraction of sp³-hybridized carbons (Fsp3) is 0.308. The SMILES string of the molecule is Cc1cc(C)cc(Cc2nc(CCl)cs2)c1. The minimum atomic E-state index is 0.503. The highest BCUT2D eigenvalue weighted by Crippen LogP contribution is 2.17. The maximum absolute atomic E-state index is 5.74. The van der Waals surface area contributed by atoms with Crippen LogP contribution in [0.5, 0.6) is 0 Å². The summed E-state index contributed by atoms with van der Waals surface area (Å²) in [7, 11) is 0. The first-order valence-electron chi connectivity index (χ1n) is 5.24. The normalized spacial score (nSPS) is 10.7. The van der Waals surface area contributed by atoms with E-state index in [9.17, 15) is 0 Å². The number of halogens is 1. The number of aromatic nitrogens is 1. The summed E-state index contributed by atoms with van der Waals surface area (Å²) >= 11 is 7.42. The van der Waals surface area contributed by atoms with Crippen LogP contribution in [-0.2, 0) is 12.3 Å². The van der Waals surface area contributed by atoms with Gasteiger partial charge < -0.3 is 0 Å². The first-order valence-corrected chi connectivity index (χ1v) is 6.65. The van der Waals surface area contributed by atoms with Crippen molar-refractivity contribution in [2.75, 3.05) is 0 Å². The molecule has 0 aliphatic heterocycles. The van der Waals surface area contributed by atoms with Gasteiger partial charge in [0, 0.05) is 11.8 Å². The fourth-order valence-electron chi connectivity index (χ4n) is 1.84. The first kappa shape index (κ1) is 11.6. The minimum Gasteiger partial charge on any atom is -0.245 e. The van der Waals surface area contributed by atoms with Crippen LogP contribution in [0.4, 0.5) is 0 Å². The molecule has 0 N–H and O–H groups in total. The van der Waals surface area contributed by atoms with E-state index in [2.05, 4.69) is 37.0 Å². The Morgan fingerprint density at radius 1 is 1.19 bits per heavy atom. The Balaban J connectivity index is 2.19.